The molecule has 4 N–H and O–H groups in total. The molecule has 4 nitrogen and oxygen atoms in total. The van der Waals surface area contributed by atoms with Gasteiger partial charge in [0.1, 0.15) is 0 Å². The van der Waals surface area contributed by atoms with Gasteiger partial charge in [0.25, 0.3) is 0 Å². The Labute approximate surface area is 124 Å². The van der Waals surface area contributed by atoms with Crippen LogP contribution in [0.5, 0.6) is 0 Å². The maximum Gasteiger partial charge on any atom is 0.303 e. The summed E-state index contributed by atoms with van der Waals surface area (Å²) in [5, 5.41) is 15.7. The molecule has 18 heavy (non-hydrogen) atoms. The standard InChI is InChI=1S/C12H24N2O2S.BrH/c13-12(14)17-10-8-6-4-2-1-3-5-7-9-11(15)16;/h1-10H2,(H3,13,14)(H,15,16);1H. The van der Waals surface area contributed by atoms with Crippen molar-refractivity contribution in [2.45, 2.75) is 57.8 Å². The van der Waals surface area contributed by atoms with Crippen molar-refractivity contribution in [3.8, 4) is 0 Å². The van der Waals surface area contributed by atoms with Gasteiger partial charge in [-0.3, -0.25) is 10.2 Å². The molecule has 0 amide bonds. The minimum absolute atomic E-state index is 0. The second kappa shape index (κ2) is 14.8. The zero-order valence-corrected chi connectivity index (χ0v) is 13.3. The lowest BCUT2D eigenvalue weighted by molar-refractivity contribution is -0.137. The molecule has 0 aromatic heterocycles. The third-order valence-corrected chi connectivity index (χ3v) is 3.35. The van der Waals surface area contributed by atoms with Crippen LogP contribution in [0.3, 0.4) is 0 Å². The van der Waals surface area contributed by atoms with Gasteiger partial charge in [0, 0.05) is 12.2 Å². The summed E-state index contributed by atoms with van der Waals surface area (Å²) in [6.45, 7) is 0. The van der Waals surface area contributed by atoms with Crippen molar-refractivity contribution in [2.75, 3.05) is 5.75 Å². The highest BCUT2D eigenvalue weighted by molar-refractivity contribution is 8.93. The molecule has 0 aliphatic carbocycles. The molecule has 0 fully saturated rings. The minimum atomic E-state index is -0.687. The third kappa shape index (κ3) is 18.1. The molecule has 0 saturated carbocycles. The van der Waals surface area contributed by atoms with Crippen LogP contribution in [0.15, 0.2) is 0 Å². The van der Waals surface area contributed by atoms with Crippen LogP contribution in [-0.2, 0) is 4.79 Å². The summed E-state index contributed by atoms with van der Waals surface area (Å²) >= 11 is 1.41. The Bertz CT molecular complexity index is 206. The van der Waals surface area contributed by atoms with E-state index in [4.69, 9.17) is 16.2 Å². The fourth-order valence-electron chi connectivity index (χ4n) is 1.62. The summed E-state index contributed by atoms with van der Waals surface area (Å²) in [5.41, 5.74) is 5.23. The van der Waals surface area contributed by atoms with E-state index in [0.717, 1.165) is 31.4 Å². The lowest BCUT2D eigenvalue weighted by atomic mass is 10.1. The number of carbonyl (C=O) groups is 1. The van der Waals surface area contributed by atoms with E-state index in [2.05, 4.69) is 0 Å². The Morgan fingerprint density at radius 3 is 1.89 bits per heavy atom. The second-order valence-corrected chi connectivity index (χ2v) is 5.32. The number of amidine groups is 1. The highest BCUT2D eigenvalue weighted by Gasteiger charge is 1.97. The van der Waals surface area contributed by atoms with Crippen molar-refractivity contribution >= 4 is 39.9 Å². The third-order valence-electron chi connectivity index (χ3n) is 2.54. The molecular weight excluding hydrogens is 316 g/mol. The van der Waals surface area contributed by atoms with Crippen LogP contribution in [0.4, 0.5) is 0 Å². The predicted molar refractivity (Wildman–Crippen MR) is 83.9 cm³/mol. The highest BCUT2D eigenvalue weighted by atomic mass is 79.9. The molecule has 0 saturated heterocycles. The summed E-state index contributed by atoms with van der Waals surface area (Å²) in [4.78, 5) is 10.3. The lowest BCUT2D eigenvalue weighted by Crippen LogP contribution is -2.04. The van der Waals surface area contributed by atoms with E-state index in [1.54, 1.807) is 0 Å². The van der Waals surface area contributed by atoms with Crippen LogP contribution in [0.25, 0.3) is 0 Å². The number of thioether (sulfide) groups is 1. The molecule has 6 heteroatoms. The Morgan fingerprint density at radius 1 is 1.00 bits per heavy atom. The van der Waals surface area contributed by atoms with E-state index >= 15 is 0 Å². The van der Waals surface area contributed by atoms with Crippen molar-refractivity contribution in [1.82, 2.24) is 0 Å². The number of nitrogens with one attached hydrogen (secondary N) is 1. The first-order chi connectivity index (χ1) is 8.13. The van der Waals surface area contributed by atoms with Crippen molar-refractivity contribution in [3.63, 3.8) is 0 Å². The Morgan fingerprint density at radius 2 is 1.44 bits per heavy atom. The normalized spacial score (nSPS) is 9.78. The van der Waals surface area contributed by atoms with Crippen molar-refractivity contribution < 1.29 is 9.90 Å². The highest BCUT2D eigenvalue weighted by Crippen LogP contribution is 2.11. The zero-order valence-electron chi connectivity index (χ0n) is 10.8. The van der Waals surface area contributed by atoms with Gasteiger partial charge in [-0.2, -0.15) is 0 Å². The molecule has 0 spiro atoms. The quantitative estimate of drug-likeness (QED) is 0.303. The molecule has 0 bridgehead atoms. The average Bonchev–Trinajstić information content (AvgIpc) is 2.25. The van der Waals surface area contributed by atoms with Gasteiger partial charge in [-0.25, -0.2) is 0 Å². The zero-order chi connectivity index (χ0) is 12.9. The van der Waals surface area contributed by atoms with E-state index in [9.17, 15) is 4.79 Å². The molecule has 0 aromatic carbocycles. The first-order valence-corrected chi connectivity index (χ1v) is 7.30. The molecule has 0 rings (SSSR count). The summed E-state index contributed by atoms with van der Waals surface area (Å²) in [5.74, 6) is 0.265. The molecule has 0 aromatic rings. The largest absolute Gasteiger partial charge is 0.481 e. The maximum absolute atomic E-state index is 10.3. The van der Waals surface area contributed by atoms with E-state index in [1.807, 2.05) is 0 Å². The monoisotopic (exact) mass is 340 g/mol. The molecule has 0 unspecified atom stereocenters. The average molecular weight is 341 g/mol. The van der Waals surface area contributed by atoms with E-state index < -0.39 is 5.97 Å². The number of carboxylic acid groups (broad SMARTS) is 1. The lowest BCUT2D eigenvalue weighted by Gasteiger charge is -2.01. The van der Waals surface area contributed by atoms with Crippen LogP contribution < -0.4 is 5.73 Å². The molecule has 0 aliphatic heterocycles. The van der Waals surface area contributed by atoms with Gasteiger partial charge in [0.15, 0.2) is 5.17 Å². The number of carboxylic acids is 1. The number of hydrogen-bond acceptors (Lipinski definition) is 3. The predicted octanol–water partition coefficient (Wildman–Crippen LogP) is 3.79. The molecule has 0 aliphatic rings. The molecular formula is C12H25BrN2O2S. The number of unbranched alkanes of at least 4 members (excludes halogenated alkanes) is 7. The first kappa shape index (κ1) is 20.1. The summed E-state index contributed by atoms with van der Waals surface area (Å²) in [6, 6.07) is 0. The number of nitrogens with two attached hydrogens (primary N) is 1. The molecule has 0 radical (unpaired) electrons. The van der Waals surface area contributed by atoms with Crippen LogP contribution in [0.2, 0.25) is 0 Å². The molecule has 0 atom stereocenters. The molecule has 0 heterocycles. The smallest absolute Gasteiger partial charge is 0.303 e. The number of halogens is 1. The Hall–Kier alpha value is -0.230. The summed E-state index contributed by atoms with van der Waals surface area (Å²) < 4.78 is 0. The Kier molecular flexibility index (Phi) is 16.6. The molecule has 108 valence electrons. The number of rotatable bonds is 11. The van der Waals surface area contributed by atoms with E-state index in [0.29, 0.717) is 6.42 Å². The number of aliphatic carboxylic acids is 1. The van der Waals surface area contributed by atoms with Crippen molar-refractivity contribution in [3.05, 3.63) is 0 Å². The SMILES string of the molecule is Br.N=C(N)SCCCCCCCCCCC(=O)O. The first-order valence-electron chi connectivity index (χ1n) is 6.31. The van der Waals surface area contributed by atoms with Crippen LogP contribution in [0, 0.1) is 5.41 Å². The van der Waals surface area contributed by atoms with Gasteiger partial charge in [0.05, 0.1) is 0 Å². The van der Waals surface area contributed by atoms with Gasteiger partial charge < -0.3 is 10.8 Å². The fraction of sp³-hybridized carbons (Fsp3) is 0.833. The summed E-state index contributed by atoms with van der Waals surface area (Å²) in [7, 11) is 0. The maximum atomic E-state index is 10.3. The van der Waals surface area contributed by atoms with Gasteiger partial charge in [0.2, 0.25) is 0 Å². The van der Waals surface area contributed by atoms with Gasteiger partial charge in [-0.15, -0.1) is 17.0 Å². The number of hydrogen-bond donors (Lipinski definition) is 3. The van der Waals surface area contributed by atoms with E-state index in [-0.39, 0.29) is 22.1 Å². The second-order valence-electron chi connectivity index (χ2n) is 4.18. The van der Waals surface area contributed by atoms with Gasteiger partial charge >= 0.3 is 5.97 Å². The van der Waals surface area contributed by atoms with Crippen LogP contribution >= 0.6 is 28.7 Å². The van der Waals surface area contributed by atoms with Crippen molar-refractivity contribution in [1.29, 1.82) is 5.41 Å². The summed E-state index contributed by atoms with van der Waals surface area (Å²) in [6.07, 6.45) is 9.31. The van der Waals surface area contributed by atoms with Crippen LogP contribution in [0.1, 0.15) is 57.8 Å². The Balaban J connectivity index is 0. The fourth-order valence-corrected chi connectivity index (χ4v) is 2.19. The van der Waals surface area contributed by atoms with Gasteiger partial charge in [-0.05, 0) is 12.8 Å². The topological polar surface area (TPSA) is 87.2 Å². The van der Waals surface area contributed by atoms with E-state index in [1.165, 1.54) is 37.4 Å². The minimum Gasteiger partial charge on any atom is -0.481 e. The van der Waals surface area contributed by atoms with Gasteiger partial charge in [-0.1, -0.05) is 50.3 Å². The van der Waals surface area contributed by atoms with Crippen molar-refractivity contribution in [2.24, 2.45) is 5.73 Å². The van der Waals surface area contributed by atoms with Crippen LogP contribution in [-0.4, -0.2) is 22.0 Å².